The van der Waals surface area contributed by atoms with Crippen molar-refractivity contribution in [2.24, 2.45) is 0 Å². The van der Waals surface area contributed by atoms with Crippen molar-refractivity contribution < 1.29 is 14.3 Å². The highest BCUT2D eigenvalue weighted by Crippen LogP contribution is 2.25. The molecule has 2 aromatic carbocycles. The summed E-state index contributed by atoms with van der Waals surface area (Å²) in [6, 6.07) is 15.7. The molecule has 0 N–H and O–H groups in total. The van der Waals surface area contributed by atoms with Gasteiger partial charge in [-0.25, -0.2) is 0 Å². The Balaban J connectivity index is 2.22. The van der Waals surface area contributed by atoms with Gasteiger partial charge >= 0.3 is 5.97 Å². The van der Waals surface area contributed by atoms with Gasteiger partial charge in [-0.3, -0.25) is 4.79 Å². The Labute approximate surface area is 131 Å². The number of esters is 1. The van der Waals surface area contributed by atoms with Gasteiger partial charge in [-0.05, 0) is 24.1 Å². The maximum Gasteiger partial charge on any atom is 0.310 e. The van der Waals surface area contributed by atoms with Gasteiger partial charge in [-0.1, -0.05) is 54.6 Å². The predicted octanol–water partition coefficient (Wildman–Crippen LogP) is 4.01. The first kappa shape index (κ1) is 15.8. The maximum absolute atomic E-state index is 11.5. The van der Waals surface area contributed by atoms with Crippen molar-refractivity contribution in [1.82, 2.24) is 0 Å². The zero-order valence-corrected chi connectivity index (χ0v) is 13.0. The molecule has 2 rings (SSSR count). The molecule has 0 bridgehead atoms. The van der Waals surface area contributed by atoms with Gasteiger partial charge in [-0.15, -0.1) is 0 Å². The van der Waals surface area contributed by atoms with Gasteiger partial charge in [-0.2, -0.15) is 0 Å². The Kier molecular flexibility index (Phi) is 5.37. The number of hydrogen-bond acceptors (Lipinski definition) is 3. The van der Waals surface area contributed by atoms with E-state index in [0.717, 1.165) is 22.3 Å². The summed E-state index contributed by atoms with van der Waals surface area (Å²) in [5.41, 5.74) is 3.84. The summed E-state index contributed by atoms with van der Waals surface area (Å²) < 4.78 is 10.6. The fraction of sp³-hybridized carbons (Fsp3) is 0.211. The van der Waals surface area contributed by atoms with E-state index < -0.39 is 0 Å². The quantitative estimate of drug-likeness (QED) is 0.755. The Bertz CT molecular complexity index is 660. The second-order valence-corrected chi connectivity index (χ2v) is 5.13. The van der Waals surface area contributed by atoms with Crippen molar-refractivity contribution >= 4 is 11.5 Å². The molecule has 22 heavy (non-hydrogen) atoms. The first-order chi connectivity index (χ1) is 10.6. The third-order valence-corrected chi connectivity index (χ3v) is 3.36. The average molecular weight is 296 g/mol. The lowest BCUT2D eigenvalue weighted by Gasteiger charge is -2.13. The van der Waals surface area contributed by atoms with E-state index in [1.54, 1.807) is 0 Å². The molecule has 3 heteroatoms. The van der Waals surface area contributed by atoms with Crippen molar-refractivity contribution in [1.29, 1.82) is 0 Å². The number of ether oxygens (including phenoxy) is 2. The van der Waals surface area contributed by atoms with Gasteiger partial charge in [0.1, 0.15) is 12.4 Å². The van der Waals surface area contributed by atoms with Gasteiger partial charge in [0, 0.05) is 5.56 Å². The molecule has 0 atom stereocenters. The molecule has 3 nitrogen and oxygen atoms in total. The van der Waals surface area contributed by atoms with E-state index in [2.05, 4.69) is 6.58 Å². The molecule has 0 radical (unpaired) electrons. The Morgan fingerprint density at radius 3 is 2.50 bits per heavy atom. The summed E-state index contributed by atoms with van der Waals surface area (Å²) in [4.78, 5) is 11.5. The van der Waals surface area contributed by atoms with Gasteiger partial charge < -0.3 is 9.47 Å². The summed E-state index contributed by atoms with van der Waals surface area (Å²) >= 11 is 0. The van der Waals surface area contributed by atoms with Crippen LogP contribution in [0.3, 0.4) is 0 Å². The van der Waals surface area contributed by atoms with Crippen molar-refractivity contribution in [3.63, 3.8) is 0 Å². The van der Waals surface area contributed by atoms with Crippen LogP contribution in [0.4, 0.5) is 0 Å². The summed E-state index contributed by atoms with van der Waals surface area (Å²) in [5, 5.41) is 0. The van der Waals surface area contributed by atoms with Crippen LogP contribution in [-0.2, 0) is 22.6 Å². The SMILES string of the molecule is C=C(C)c1ccc(CC(=O)OC)c(OCc2ccccc2)c1. The van der Waals surface area contributed by atoms with Crippen LogP contribution >= 0.6 is 0 Å². The average Bonchev–Trinajstić information content (AvgIpc) is 2.54. The topological polar surface area (TPSA) is 35.5 Å². The minimum atomic E-state index is -0.285. The zero-order chi connectivity index (χ0) is 15.9. The fourth-order valence-corrected chi connectivity index (χ4v) is 2.06. The van der Waals surface area contributed by atoms with E-state index in [0.29, 0.717) is 12.4 Å². The lowest BCUT2D eigenvalue weighted by Crippen LogP contribution is -2.07. The van der Waals surface area contributed by atoms with Crippen molar-refractivity contribution in [3.05, 3.63) is 71.8 Å². The number of benzene rings is 2. The second kappa shape index (κ2) is 7.46. The zero-order valence-electron chi connectivity index (χ0n) is 13.0. The molecule has 0 unspecified atom stereocenters. The highest BCUT2D eigenvalue weighted by atomic mass is 16.5. The maximum atomic E-state index is 11.5. The highest BCUT2D eigenvalue weighted by Gasteiger charge is 2.11. The standard InChI is InChI=1S/C19H20O3/c1-14(2)16-9-10-17(12-19(20)21-3)18(11-16)22-13-15-7-5-4-6-8-15/h4-11H,1,12-13H2,2-3H3. The third-order valence-electron chi connectivity index (χ3n) is 3.36. The Hall–Kier alpha value is -2.55. The molecule has 0 saturated carbocycles. The number of allylic oxidation sites excluding steroid dienone is 1. The van der Waals surface area contributed by atoms with Gasteiger partial charge in [0.2, 0.25) is 0 Å². The summed E-state index contributed by atoms with van der Waals surface area (Å²) in [6.07, 6.45) is 0.192. The second-order valence-electron chi connectivity index (χ2n) is 5.13. The molecule has 0 heterocycles. The molecule has 0 aromatic heterocycles. The van der Waals surface area contributed by atoms with Crippen molar-refractivity contribution in [2.45, 2.75) is 20.0 Å². The van der Waals surface area contributed by atoms with Crippen LogP contribution in [0.25, 0.3) is 5.57 Å². The van der Waals surface area contributed by atoms with Gasteiger partial charge in [0.25, 0.3) is 0 Å². The first-order valence-corrected chi connectivity index (χ1v) is 7.12. The monoisotopic (exact) mass is 296 g/mol. The van der Waals surface area contributed by atoms with Crippen LogP contribution in [0.1, 0.15) is 23.6 Å². The summed E-state index contributed by atoms with van der Waals surface area (Å²) in [5.74, 6) is 0.405. The van der Waals surface area contributed by atoms with Crippen LogP contribution in [0.2, 0.25) is 0 Å². The third kappa shape index (κ3) is 4.22. The molecule has 114 valence electrons. The van der Waals surface area contributed by atoms with Crippen LogP contribution in [0, 0.1) is 0 Å². The molecular weight excluding hydrogens is 276 g/mol. The molecule has 0 fully saturated rings. The molecule has 0 saturated heterocycles. The predicted molar refractivity (Wildman–Crippen MR) is 87.6 cm³/mol. The van der Waals surface area contributed by atoms with Crippen molar-refractivity contribution in [2.75, 3.05) is 7.11 Å². The van der Waals surface area contributed by atoms with Crippen LogP contribution in [-0.4, -0.2) is 13.1 Å². The largest absolute Gasteiger partial charge is 0.489 e. The van der Waals surface area contributed by atoms with E-state index in [4.69, 9.17) is 9.47 Å². The minimum absolute atomic E-state index is 0.192. The molecule has 0 aliphatic carbocycles. The molecule has 2 aromatic rings. The minimum Gasteiger partial charge on any atom is -0.489 e. The van der Waals surface area contributed by atoms with E-state index >= 15 is 0 Å². The van der Waals surface area contributed by atoms with E-state index in [1.165, 1.54) is 7.11 Å². The number of carbonyl (C=O) groups excluding carboxylic acids is 1. The Morgan fingerprint density at radius 2 is 1.86 bits per heavy atom. The number of rotatable bonds is 6. The summed E-state index contributed by atoms with van der Waals surface area (Å²) in [7, 11) is 1.38. The van der Waals surface area contributed by atoms with Gasteiger partial charge in [0.05, 0.1) is 13.5 Å². The lowest BCUT2D eigenvalue weighted by atomic mass is 10.0. The van der Waals surface area contributed by atoms with Gasteiger partial charge in [0.15, 0.2) is 0 Å². The molecule has 0 spiro atoms. The van der Waals surface area contributed by atoms with Crippen LogP contribution in [0.15, 0.2) is 55.1 Å². The van der Waals surface area contributed by atoms with Crippen LogP contribution in [0.5, 0.6) is 5.75 Å². The first-order valence-electron chi connectivity index (χ1n) is 7.12. The summed E-state index contributed by atoms with van der Waals surface area (Å²) in [6.45, 7) is 6.34. The smallest absolute Gasteiger partial charge is 0.310 e. The molecule has 0 amide bonds. The molecule has 0 aliphatic rings. The fourth-order valence-electron chi connectivity index (χ4n) is 2.06. The van der Waals surface area contributed by atoms with E-state index in [1.807, 2.05) is 55.5 Å². The molecular formula is C19H20O3. The number of carbonyl (C=O) groups is 1. The van der Waals surface area contributed by atoms with Crippen LogP contribution < -0.4 is 4.74 Å². The number of methoxy groups -OCH3 is 1. The number of hydrogen-bond donors (Lipinski definition) is 0. The molecule has 0 aliphatic heterocycles. The normalized spacial score (nSPS) is 10.1. The van der Waals surface area contributed by atoms with E-state index in [-0.39, 0.29) is 12.4 Å². The highest BCUT2D eigenvalue weighted by molar-refractivity contribution is 5.74. The lowest BCUT2D eigenvalue weighted by molar-refractivity contribution is -0.139. The van der Waals surface area contributed by atoms with Crippen molar-refractivity contribution in [3.8, 4) is 5.75 Å². The Morgan fingerprint density at radius 1 is 1.14 bits per heavy atom. The van der Waals surface area contributed by atoms with E-state index in [9.17, 15) is 4.79 Å².